The molecule has 0 aliphatic heterocycles. The third kappa shape index (κ3) is 4.48. The Bertz CT molecular complexity index is 521. The zero-order valence-corrected chi connectivity index (χ0v) is 12.4. The summed E-state index contributed by atoms with van der Waals surface area (Å²) in [5.41, 5.74) is 2.18. The molecule has 1 aliphatic rings. The lowest BCUT2D eigenvalue weighted by atomic mass is 10.1. The van der Waals surface area contributed by atoms with Crippen LogP contribution in [0, 0.1) is 19.8 Å². The number of aryl methyl sites for hydroxylation is 2. The van der Waals surface area contributed by atoms with Crippen LogP contribution in [0.25, 0.3) is 0 Å². The van der Waals surface area contributed by atoms with E-state index in [1.54, 1.807) is 0 Å². The Kier molecular flexibility index (Phi) is 4.83. The number of benzene rings is 1. The van der Waals surface area contributed by atoms with Crippen LogP contribution >= 0.6 is 0 Å². The second kappa shape index (κ2) is 6.61. The SMILES string of the molecule is Cc1cc(C)cc(OCC(=O)NC2CCC(C(=O)O)C2)c1. The van der Waals surface area contributed by atoms with E-state index in [4.69, 9.17) is 9.84 Å². The number of nitrogens with one attached hydrogen (secondary N) is 1. The van der Waals surface area contributed by atoms with E-state index < -0.39 is 5.97 Å². The molecule has 21 heavy (non-hydrogen) atoms. The number of hydrogen-bond donors (Lipinski definition) is 2. The minimum atomic E-state index is -0.779. The van der Waals surface area contributed by atoms with Crippen LogP contribution in [0.1, 0.15) is 30.4 Å². The van der Waals surface area contributed by atoms with Gasteiger partial charge in [-0.15, -0.1) is 0 Å². The molecule has 0 bridgehead atoms. The van der Waals surface area contributed by atoms with Crippen LogP contribution in [0.15, 0.2) is 18.2 Å². The Morgan fingerprint density at radius 2 is 1.90 bits per heavy atom. The fourth-order valence-electron chi connectivity index (χ4n) is 2.77. The average Bonchev–Trinajstić information content (AvgIpc) is 2.84. The molecule has 1 aromatic carbocycles. The number of ether oxygens (including phenoxy) is 1. The minimum Gasteiger partial charge on any atom is -0.484 e. The number of rotatable bonds is 5. The summed E-state index contributed by atoms with van der Waals surface area (Å²) >= 11 is 0. The van der Waals surface area contributed by atoms with Gasteiger partial charge in [-0.2, -0.15) is 0 Å². The number of carboxylic acid groups (broad SMARTS) is 1. The molecule has 1 saturated carbocycles. The van der Waals surface area contributed by atoms with Gasteiger partial charge in [0.15, 0.2) is 6.61 Å². The maximum atomic E-state index is 11.8. The maximum absolute atomic E-state index is 11.8. The molecule has 0 saturated heterocycles. The van der Waals surface area contributed by atoms with E-state index in [-0.39, 0.29) is 24.5 Å². The van der Waals surface area contributed by atoms with Crippen LogP contribution in [-0.4, -0.2) is 29.6 Å². The molecule has 5 heteroatoms. The molecular formula is C16H21NO4. The Morgan fingerprint density at radius 1 is 1.24 bits per heavy atom. The first kappa shape index (κ1) is 15.4. The highest BCUT2D eigenvalue weighted by Gasteiger charge is 2.30. The van der Waals surface area contributed by atoms with Crippen molar-refractivity contribution in [3.63, 3.8) is 0 Å². The zero-order valence-electron chi connectivity index (χ0n) is 12.4. The van der Waals surface area contributed by atoms with Crippen molar-refractivity contribution >= 4 is 11.9 Å². The van der Waals surface area contributed by atoms with Crippen molar-refractivity contribution in [2.24, 2.45) is 5.92 Å². The van der Waals surface area contributed by atoms with Crippen LogP contribution in [-0.2, 0) is 9.59 Å². The summed E-state index contributed by atoms with van der Waals surface area (Å²) < 4.78 is 5.49. The van der Waals surface area contributed by atoms with Gasteiger partial charge in [-0.1, -0.05) is 6.07 Å². The monoisotopic (exact) mass is 291 g/mol. The van der Waals surface area contributed by atoms with Gasteiger partial charge in [0.1, 0.15) is 5.75 Å². The van der Waals surface area contributed by atoms with Crippen molar-refractivity contribution in [2.45, 2.75) is 39.2 Å². The molecule has 2 N–H and O–H groups in total. The number of hydrogen-bond acceptors (Lipinski definition) is 3. The smallest absolute Gasteiger partial charge is 0.306 e. The normalized spacial score (nSPS) is 21.0. The highest BCUT2D eigenvalue weighted by Crippen LogP contribution is 2.25. The topological polar surface area (TPSA) is 75.6 Å². The number of aliphatic carboxylic acids is 1. The van der Waals surface area contributed by atoms with E-state index >= 15 is 0 Å². The van der Waals surface area contributed by atoms with Crippen LogP contribution in [0.5, 0.6) is 5.75 Å². The van der Waals surface area contributed by atoms with Gasteiger partial charge in [0.2, 0.25) is 0 Å². The predicted octanol–water partition coefficient (Wildman–Crippen LogP) is 2.05. The highest BCUT2D eigenvalue weighted by molar-refractivity contribution is 5.78. The first-order valence-corrected chi connectivity index (χ1v) is 7.17. The van der Waals surface area contributed by atoms with Gasteiger partial charge in [0, 0.05) is 6.04 Å². The molecule has 114 valence electrons. The van der Waals surface area contributed by atoms with Gasteiger partial charge < -0.3 is 15.2 Å². The lowest BCUT2D eigenvalue weighted by Gasteiger charge is -2.13. The second-order valence-electron chi connectivity index (χ2n) is 5.72. The number of carbonyl (C=O) groups is 2. The van der Waals surface area contributed by atoms with Crippen molar-refractivity contribution in [3.8, 4) is 5.75 Å². The molecule has 0 spiro atoms. The Balaban J connectivity index is 1.79. The van der Waals surface area contributed by atoms with Crippen LogP contribution in [0.2, 0.25) is 0 Å². The molecule has 2 unspecified atom stereocenters. The Hall–Kier alpha value is -2.04. The third-order valence-corrected chi connectivity index (χ3v) is 3.71. The summed E-state index contributed by atoms with van der Waals surface area (Å²) in [7, 11) is 0. The van der Waals surface area contributed by atoms with Crippen LogP contribution < -0.4 is 10.1 Å². The summed E-state index contributed by atoms with van der Waals surface area (Å²) in [5, 5.41) is 11.8. The molecule has 1 aliphatic carbocycles. The maximum Gasteiger partial charge on any atom is 0.306 e. The minimum absolute atomic E-state index is 0.0445. The zero-order chi connectivity index (χ0) is 15.4. The van der Waals surface area contributed by atoms with E-state index in [1.165, 1.54) is 0 Å². The molecular weight excluding hydrogens is 270 g/mol. The molecule has 1 amide bonds. The summed E-state index contributed by atoms with van der Waals surface area (Å²) in [6.07, 6.45) is 1.84. The predicted molar refractivity (Wildman–Crippen MR) is 78.3 cm³/mol. The standard InChI is InChI=1S/C16H21NO4/c1-10-5-11(2)7-14(6-10)21-9-15(18)17-13-4-3-12(8-13)16(19)20/h5-7,12-13H,3-4,8-9H2,1-2H3,(H,17,18)(H,19,20). The molecule has 2 rings (SSSR count). The molecule has 1 fully saturated rings. The van der Waals surface area contributed by atoms with Crippen molar-refractivity contribution in [2.75, 3.05) is 6.61 Å². The summed E-state index contributed by atoms with van der Waals surface area (Å²) in [6, 6.07) is 5.76. The Morgan fingerprint density at radius 3 is 2.48 bits per heavy atom. The van der Waals surface area contributed by atoms with E-state index in [9.17, 15) is 9.59 Å². The average molecular weight is 291 g/mol. The largest absolute Gasteiger partial charge is 0.484 e. The van der Waals surface area contributed by atoms with Crippen LogP contribution in [0.3, 0.4) is 0 Å². The van der Waals surface area contributed by atoms with Gasteiger partial charge in [0.25, 0.3) is 5.91 Å². The molecule has 0 heterocycles. The highest BCUT2D eigenvalue weighted by atomic mass is 16.5. The summed E-state index contributed by atoms with van der Waals surface area (Å²) in [5.74, 6) is -0.642. The van der Waals surface area contributed by atoms with Gasteiger partial charge >= 0.3 is 5.97 Å². The molecule has 5 nitrogen and oxygen atoms in total. The van der Waals surface area contributed by atoms with E-state index in [2.05, 4.69) is 5.32 Å². The Labute approximate surface area is 124 Å². The number of amides is 1. The fourth-order valence-corrected chi connectivity index (χ4v) is 2.77. The first-order chi connectivity index (χ1) is 9.94. The van der Waals surface area contributed by atoms with Gasteiger partial charge in [0.05, 0.1) is 5.92 Å². The van der Waals surface area contributed by atoms with Gasteiger partial charge in [-0.25, -0.2) is 0 Å². The summed E-state index contributed by atoms with van der Waals surface area (Å²) in [4.78, 5) is 22.7. The molecule has 1 aromatic rings. The van der Waals surface area contributed by atoms with E-state index in [0.717, 1.165) is 11.1 Å². The van der Waals surface area contributed by atoms with Gasteiger partial charge in [-0.05, 0) is 56.4 Å². The fraction of sp³-hybridized carbons (Fsp3) is 0.500. The van der Waals surface area contributed by atoms with Crippen LogP contribution in [0.4, 0.5) is 0 Å². The second-order valence-corrected chi connectivity index (χ2v) is 5.72. The quantitative estimate of drug-likeness (QED) is 0.870. The third-order valence-electron chi connectivity index (χ3n) is 3.71. The lowest BCUT2D eigenvalue weighted by Crippen LogP contribution is -2.36. The van der Waals surface area contributed by atoms with E-state index in [1.807, 2.05) is 32.0 Å². The first-order valence-electron chi connectivity index (χ1n) is 7.17. The van der Waals surface area contributed by atoms with Crippen molar-refractivity contribution in [1.29, 1.82) is 0 Å². The van der Waals surface area contributed by atoms with E-state index in [0.29, 0.717) is 25.0 Å². The number of carboxylic acids is 1. The van der Waals surface area contributed by atoms with Crippen molar-refractivity contribution in [1.82, 2.24) is 5.32 Å². The van der Waals surface area contributed by atoms with Crippen molar-refractivity contribution in [3.05, 3.63) is 29.3 Å². The molecule has 2 atom stereocenters. The summed E-state index contributed by atoms with van der Waals surface area (Å²) in [6.45, 7) is 3.91. The van der Waals surface area contributed by atoms with Crippen molar-refractivity contribution < 1.29 is 19.4 Å². The lowest BCUT2D eigenvalue weighted by molar-refractivity contribution is -0.141. The number of carbonyl (C=O) groups excluding carboxylic acids is 1. The van der Waals surface area contributed by atoms with Gasteiger partial charge in [-0.3, -0.25) is 9.59 Å². The molecule has 0 aromatic heterocycles. The molecule has 0 radical (unpaired) electrons.